The molecule has 5 heteroatoms. The molecule has 94 valence electrons. The van der Waals surface area contributed by atoms with E-state index in [0.717, 1.165) is 0 Å². The Morgan fingerprint density at radius 2 is 2.19 bits per heavy atom. The minimum absolute atomic E-state index is 0.0161. The van der Waals surface area contributed by atoms with E-state index in [9.17, 15) is 4.79 Å². The second-order valence-corrected chi connectivity index (χ2v) is 5.12. The van der Waals surface area contributed by atoms with Crippen molar-refractivity contribution in [3.63, 3.8) is 0 Å². The summed E-state index contributed by atoms with van der Waals surface area (Å²) in [4.78, 5) is 13.5. The maximum absolute atomic E-state index is 11.9. The average molecular weight is 231 g/mol. The molecule has 1 aliphatic rings. The van der Waals surface area contributed by atoms with Crippen LogP contribution >= 0.6 is 0 Å². The number of hydrogen-bond acceptors (Lipinski definition) is 4. The molecule has 0 saturated carbocycles. The van der Waals surface area contributed by atoms with Crippen molar-refractivity contribution in [1.82, 2.24) is 4.90 Å². The van der Waals surface area contributed by atoms with Crippen molar-refractivity contribution in [2.75, 3.05) is 19.8 Å². The second kappa shape index (κ2) is 5.01. The van der Waals surface area contributed by atoms with E-state index in [1.54, 1.807) is 4.90 Å². The van der Waals surface area contributed by atoms with Crippen LogP contribution in [0.4, 0.5) is 4.79 Å². The molecule has 0 aromatic heterocycles. The maximum atomic E-state index is 11.9. The molecule has 0 aromatic carbocycles. The topological polar surface area (TPSA) is 59.0 Å². The molecule has 2 atom stereocenters. The van der Waals surface area contributed by atoms with Crippen LogP contribution in [0.5, 0.6) is 0 Å². The Bertz CT molecular complexity index is 249. The summed E-state index contributed by atoms with van der Waals surface area (Å²) in [6, 6.07) is -0.0161. The van der Waals surface area contributed by atoms with Crippen molar-refractivity contribution >= 4 is 6.09 Å². The van der Waals surface area contributed by atoms with Crippen LogP contribution in [0, 0.1) is 0 Å². The van der Waals surface area contributed by atoms with Crippen molar-refractivity contribution in [3.05, 3.63) is 0 Å². The van der Waals surface area contributed by atoms with Crippen molar-refractivity contribution in [1.29, 1.82) is 0 Å². The van der Waals surface area contributed by atoms with Gasteiger partial charge in [-0.25, -0.2) is 4.79 Å². The van der Waals surface area contributed by atoms with Gasteiger partial charge < -0.3 is 19.5 Å². The van der Waals surface area contributed by atoms with E-state index >= 15 is 0 Å². The van der Waals surface area contributed by atoms with E-state index in [2.05, 4.69) is 0 Å². The Labute approximate surface area is 96.3 Å². The molecule has 0 unspecified atom stereocenters. The third-order valence-electron chi connectivity index (χ3n) is 2.34. The van der Waals surface area contributed by atoms with Gasteiger partial charge in [-0.3, -0.25) is 0 Å². The SMILES string of the molecule is C[C@H]1CO[C@@H](CO)CN1C(=O)OC(C)(C)C. The number of morpholine rings is 1. The number of nitrogens with zero attached hydrogens (tertiary/aromatic N) is 1. The number of rotatable bonds is 1. The molecule has 1 rings (SSSR count). The fourth-order valence-electron chi connectivity index (χ4n) is 1.50. The van der Waals surface area contributed by atoms with Gasteiger partial charge in [0.15, 0.2) is 0 Å². The van der Waals surface area contributed by atoms with Crippen molar-refractivity contribution in [3.8, 4) is 0 Å². The Balaban J connectivity index is 2.59. The number of ether oxygens (including phenoxy) is 2. The Hall–Kier alpha value is -0.810. The standard InChI is InChI=1S/C11H21NO4/c1-8-7-15-9(6-13)5-12(8)10(14)16-11(2,3)4/h8-9,13H,5-7H2,1-4H3/t8-,9+/m0/s1. The minimum atomic E-state index is -0.496. The average Bonchev–Trinajstić information content (AvgIpc) is 2.15. The number of aliphatic hydroxyl groups is 1. The summed E-state index contributed by atoms with van der Waals surface area (Å²) in [5.74, 6) is 0. The summed E-state index contributed by atoms with van der Waals surface area (Å²) in [5.41, 5.74) is -0.496. The lowest BCUT2D eigenvalue weighted by atomic mass is 10.2. The van der Waals surface area contributed by atoms with Gasteiger partial charge in [0.05, 0.1) is 31.9 Å². The van der Waals surface area contributed by atoms with Gasteiger partial charge in [-0.1, -0.05) is 0 Å². The van der Waals surface area contributed by atoms with Crippen molar-refractivity contribution < 1.29 is 19.4 Å². The van der Waals surface area contributed by atoms with Crippen LogP contribution < -0.4 is 0 Å². The van der Waals surface area contributed by atoms with Gasteiger partial charge in [0.25, 0.3) is 0 Å². The van der Waals surface area contributed by atoms with Crippen molar-refractivity contribution in [2.45, 2.75) is 45.4 Å². The monoisotopic (exact) mass is 231 g/mol. The normalized spacial score (nSPS) is 26.7. The van der Waals surface area contributed by atoms with E-state index in [1.807, 2.05) is 27.7 Å². The van der Waals surface area contributed by atoms with Gasteiger partial charge in [0.2, 0.25) is 0 Å². The largest absolute Gasteiger partial charge is 0.444 e. The zero-order chi connectivity index (χ0) is 12.3. The minimum Gasteiger partial charge on any atom is -0.444 e. The number of hydrogen-bond donors (Lipinski definition) is 1. The zero-order valence-electron chi connectivity index (χ0n) is 10.4. The lowest BCUT2D eigenvalue weighted by Gasteiger charge is -2.38. The first-order chi connectivity index (χ1) is 7.33. The summed E-state index contributed by atoms with van der Waals surface area (Å²) in [5, 5.41) is 9.01. The van der Waals surface area contributed by atoms with Gasteiger partial charge in [0.1, 0.15) is 5.60 Å². The Kier molecular flexibility index (Phi) is 4.15. The predicted molar refractivity (Wildman–Crippen MR) is 59.2 cm³/mol. The molecular formula is C11H21NO4. The van der Waals surface area contributed by atoms with Gasteiger partial charge >= 0.3 is 6.09 Å². The third-order valence-corrected chi connectivity index (χ3v) is 2.34. The van der Waals surface area contributed by atoms with E-state index in [4.69, 9.17) is 14.6 Å². The molecule has 0 aliphatic carbocycles. The van der Waals surface area contributed by atoms with E-state index in [-0.39, 0.29) is 24.8 Å². The molecule has 1 heterocycles. The molecule has 1 N–H and O–H groups in total. The van der Waals surface area contributed by atoms with E-state index in [0.29, 0.717) is 13.2 Å². The highest BCUT2D eigenvalue weighted by molar-refractivity contribution is 5.68. The van der Waals surface area contributed by atoms with Crippen LogP contribution in [0.2, 0.25) is 0 Å². The van der Waals surface area contributed by atoms with Gasteiger partial charge in [0, 0.05) is 0 Å². The van der Waals surface area contributed by atoms with Crippen LogP contribution in [0.15, 0.2) is 0 Å². The Morgan fingerprint density at radius 1 is 1.56 bits per heavy atom. The van der Waals surface area contributed by atoms with Crippen LogP contribution in [0.3, 0.4) is 0 Å². The summed E-state index contributed by atoms with van der Waals surface area (Å²) >= 11 is 0. The number of aliphatic hydroxyl groups excluding tert-OH is 1. The smallest absolute Gasteiger partial charge is 0.410 e. The first kappa shape index (κ1) is 13.3. The van der Waals surface area contributed by atoms with Crippen LogP contribution in [-0.2, 0) is 9.47 Å². The number of carbonyl (C=O) groups is 1. The first-order valence-corrected chi connectivity index (χ1v) is 5.55. The van der Waals surface area contributed by atoms with Crippen LogP contribution in [-0.4, -0.2) is 53.6 Å². The summed E-state index contributed by atoms with van der Waals surface area (Å²) in [6.07, 6.45) is -0.648. The lowest BCUT2D eigenvalue weighted by Crippen LogP contribution is -2.53. The molecule has 16 heavy (non-hydrogen) atoms. The quantitative estimate of drug-likeness (QED) is 0.731. The zero-order valence-corrected chi connectivity index (χ0v) is 10.4. The van der Waals surface area contributed by atoms with Gasteiger partial charge in [-0.15, -0.1) is 0 Å². The highest BCUT2D eigenvalue weighted by Gasteiger charge is 2.32. The number of amides is 1. The number of carbonyl (C=O) groups excluding carboxylic acids is 1. The molecular weight excluding hydrogens is 210 g/mol. The highest BCUT2D eigenvalue weighted by Crippen LogP contribution is 2.16. The summed E-state index contributed by atoms with van der Waals surface area (Å²) in [7, 11) is 0. The molecule has 0 spiro atoms. The molecule has 0 bridgehead atoms. The highest BCUT2D eigenvalue weighted by atomic mass is 16.6. The summed E-state index contributed by atoms with van der Waals surface area (Å²) < 4.78 is 10.6. The molecule has 5 nitrogen and oxygen atoms in total. The van der Waals surface area contributed by atoms with E-state index < -0.39 is 5.60 Å². The summed E-state index contributed by atoms with van der Waals surface area (Å²) in [6.45, 7) is 8.14. The molecule has 1 amide bonds. The lowest BCUT2D eigenvalue weighted by molar-refractivity contribution is -0.0806. The predicted octanol–water partition coefficient (Wildman–Crippen LogP) is 1.00. The molecule has 0 aromatic rings. The first-order valence-electron chi connectivity index (χ1n) is 5.55. The molecule has 1 saturated heterocycles. The maximum Gasteiger partial charge on any atom is 0.410 e. The molecule has 1 fully saturated rings. The van der Waals surface area contributed by atoms with Crippen LogP contribution in [0.1, 0.15) is 27.7 Å². The van der Waals surface area contributed by atoms with E-state index in [1.165, 1.54) is 0 Å². The molecule has 0 radical (unpaired) electrons. The second-order valence-electron chi connectivity index (χ2n) is 5.12. The van der Waals surface area contributed by atoms with Gasteiger partial charge in [-0.05, 0) is 27.7 Å². The van der Waals surface area contributed by atoms with Gasteiger partial charge in [-0.2, -0.15) is 0 Å². The fourth-order valence-corrected chi connectivity index (χ4v) is 1.50. The van der Waals surface area contributed by atoms with Crippen molar-refractivity contribution in [2.24, 2.45) is 0 Å². The third kappa shape index (κ3) is 3.64. The Morgan fingerprint density at radius 3 is 2.69 bits per heavy atom. The fraction of sp³-hybridized carbons (Fsp3) is 0.909. The molecule has 1 aliphatic heterocycles. The van der Waals surface area contributed by atoms with Crippen LogP contribution in [0.25, 0.3) is 0 Å².